The SMILES string of the molecule is COCCOc1cc(C(=O)N[C@@H]2CCCN(CC(C)C)C2)nc2c(OCC(=O)C(C)(C)C)cccc12. The summed E-state index contributed by atoms with van der Waals surface area (Å²) in [4.78, 5) is 32.8. The van der Waals surface area contributed by atoms with Crippen molar-refractivity contribution < 1.29 is 23.8 Å². The van der Waals surface area contributed by atoms with Crippen LogP contribution in [0.2, 0.25) is 0 Å². The average molecular weight is 500 g/mol. The van der Waals surface area contributed by atoms with Crippen LogP contribution in [0.25, 0.3) is 10.9 Å². The number of Topliss-reactive ketones (excluding diaryl/α,β-unsaturated/α-hetero) is 1. The molecule has 1 aromatic heterocycles. The van der Waals surface area contributed by atoms with Crippen LogP contribution < -0.4 is 14.8 Å². The lowest BCUT2D eigenvalue weighted by Crippen LogP contribution is -2.48. The molecular weight excluding hydrogens is 458 g/mol. The molecule has 8 heteroatoms. The Morgan fingerprint density at radius 3 is 2.64 bits per heavy atom. The van der Waals surface area contributed by atoms with Crippen molar-refractivity contribution in [2.24, 2.45) is 11.3 Å². The van der Waals surface area contributed by atoms with Gasteiger partial charge in [0.2, 0.25) is 0 Å². The standard InChI is InChI=1S/C28H41N3O5/c1-19(2)16-31-12-8-9-20(17-31)29-27(33)22-15-24(35-14-13-34-6)21-10-7-11-23(26(21)30-22)36-18-25(32)28(3,4)5/h7,10-11,15,19-20H,8-9,12-14,16-18H2,1-6H3,(H,29,33)/t20-/m1/s1. The number of benzene rings is 1. The average Bonchev–Trinajstić information content (AvgIpc) is 2.81. The highest BCUT2D eigenvalue weighted by atomic mass is 16.5. The third-order valence-corrected chi connectivity index (χ3v) is 6.20. The zero-order valence-corrected chi connectivity index (χ0v) is 22.6. The third-order valence-electron chi connectivity index (χ3n) is 6.20. The van der Waals surface area contributed by atoms with E-state index in [9.17, 15) is 9.59 Å². The smallest absolute Gasteiger partial charge is 0.270 e. The highest BCUT2D eigenvalue weighted by molar-refractivity contribution is 5.98. The largest absolute Gasteiger partial charge is 0.490 e. The quantitative estimate of drug-likeness (QED) is 0.466. The number of nitrogens with zero attached hydrogens (tertiary/aromatic N) is 2. The van der Waals surface area contributed by atoms with Crippen LogP contribution in [0.1, 0.15) is 57.9 Å². The molecule has 1 atom stereocenters. The Balaban J connectivity index is 1.87. The first-order valence-electron chi connectivity index (χ1n) is 12.8. The molecule has 0 unspecified atom stereocenters. The van der Waals surface area contributed by atoms with Crippen molar-refractivity contribution in [1.29, 1.82) is 0 Å². The summed E-state index contributed by atoms with van der Waals surface area (Å²) in [6.45, 7) is 13.6. The summed E-state index contributed by atoms with van der Waals surface area (Å²) in [7, 11) is 1.61. The van der Waals surface area contributed by atoms with Gasteiger partial charge in [-0.15, -0.1) is 0 Å². The summed E-state index contributed by atoms with van der Waals surface area (Å²) < 4.78 is 17.0. The van der Waals surface area contributed by atoms with Crippen LogP contribution in [0.4, 0.5) is 0 Å². The lowest BCUT2D eigenvalue weighted by Gasteiger charge is -2.34. The van der Waals surface area contributed by atoms with E-state index in [2.05, 4.69) is 29.0 Å². The number of piperidine rings is 1. The number of hydrogen-bond donors (Lipinski definition) is 1. The predicted octanol–water partition coefficient (Wildman–Crippen LogP) is 4.10. The van der Waals surface area contributed by atoms with E-state index in [0.29, 0.717) is 41.5 Å². The normalized spacial score (nSPS) is 16.8. The van der Waals surface area contributed by atoms with E-state index in [1.165, 1.54) is 0 Å². The molecule has 2 heterocycles. The monoisotopic (exact) mass is 499 g/mol. The molecule has 0 saturated carbocycles. The number of ketones is 1. The zero-order valence-electron chi connectivity index (χ0n) is 22.6. The number of hydrogen-bond acceptors (Lipinski definition) is 7. The molecule has 1 saturated heterocycles. The number of carbonyl (C=O) groups excluding carboxylic acids is 2. The topological polar surface area (TPSA) is 90.0 Å². The fourth-order valence-electron chi connectivity index (χ4n) is 4.25. The van der Waals surface area contributed by atoms with E-state index in [1.807, 2.05) is 32.9 Å². The summed E-state index contributed by atoms with van der Waals surface area (Å²) in [6, 6.07) is 7.20. The molecule has 3 rings (SSSR count). The van der Waals surface area contributed by atoms with Crippen LogP contribution in [0.5, 0.6) is 11.5 Å². The summed E-state index contributed by atoms with van der Waals surface area (Å²) >= 11 is 0. The predicted molar refractivity (Wildman–Crippen MR) is 141 cm³/mol. The molecule has 1 amide bonds. The van der Waals surface area contributed by atoms with Crippen LogP contribution in [-0.2, 0) is 9.53 Å². The van der Waals surface area contributed by atoms with E-state index in [4.69, 9.17) is 14.2 Å². The van der Waals surface area contributed by atoms with Gasteiger partial charge in [-0.05, 0) is 37.4 Å². The highest BCUT2D eigenvalue weighted by Crippen LogP contribution is 2.32. The van der Waals surface area contributed by atoms with Gasteiger partial charge in [0.15, 0.2) is 5.78 Å². The molecule has 1 aromatic carbocycles. The number of methoxy groups -OCH3 is 1. The number of nitrogens with one attached hydrogen (secondary N) is 1. The molecule has 1 fully saturated rings. The van der Waals surface area contributed by atoms with Gasteiger partial charge in [0.05, 0.1) is 6.61 Å². The van der Waals surface area contributed by atoms with Gasteiger partial charge in [-0.2, -0.15) is 0 Å². The minimum Gasteiger partial charge on any atom is -0.490 e. The maximum Gasteiger partial charge on any atom is 0.270 e. The van der Waals surface area contributed by atoms with Gasteiger partial charge in [-0.1, -0.05) is 40.7 Å². The van der Waals surface area contributed by atoms with Crippen molar-refractivity contribution in [2.45, 2.75) is 53.5 Å². The second-order valence-corrected chi connectivity index (χ2v) is 10.9. The molecule has 1 N–H and O–H groups in total. The molecule has 0 aliphatic carbocycles. The molecule has 1 aliphatic rings. The lowest BCUT2D eigenvalue weighted by molar-refractivity contribution is -0.128. The number of para-hydroxylation sites is 1. The number of fused-ring (bicyclic) bond motifs is 1. The van der Waals surface area contributed by atoms with Crippen molar-refractivity contribution in [3.63, 3.8) is 0 Å². The Hall–Kier alpha value is -2.71. The maximum absolute atomic E-state index is 13.3. The summed E-state index contributed by atoms with van der Waals surface area (Å²) in [6.07, 6.45) is 1.99. The Morgan fingerprint density at radius 2 is 1.94 bits per heavy atom. The van der Waals surface area contributed by atoms with Gasteiger partial charge >= 0.3 is 0 Å². The Labute approximate surface area is 214 Å². The fourth-order valence-corrected chi connectivity index (χ4v) is 4.25. The molecule has 0 radical (unpaired) electrons. The van der Waals surface area contributed by atoms with Crippen molar-refractivity contribution in [1.82, 2.24) is 15.2 Å². The molecular formula is C28H41N3O5. The molecule has 0 spiro atoms. The second-order valence-electron chi connectivity index (χ2n) is 10.9. The van der Waals surface area contributed by atoms with E-state index in [0.717, 1.165) is 32.5 Å². The van der Waals surface area contributed by atoms with Crippen LogP contribution in [0.3, 0.4) is 0 Å². The number of carbonyl (C=O) groups is 2. The molecule has 2 aromatic rings. The van der Waals surface area contributed by atoms with E-state index >= 15 is 0 Å². The summed E-state index contributed by atoms with van der Waals surface area (Å²) in [5, 5.41) is 3.88. The first-order valence-corrected chi connectivity index (χ1v) is 12.8. The zero-order chi connectivity index (χ0) is 26.3. The third kappa shape index (κ3) is 7.64. The van der Waals surface area contributed by atoms with Gasteiger partial charge in [-0.3, -0.25) is 9.59 Å². The molecule has 198 valence electrons. The minimum atomic E-state index is -0.513. The van der Waals surface area contributed by atoms with Gasteiger partial charge in [-0.25, -0.2) is 4.98 Å². The Kier molecular flexibility index (Phi) is 9.68. The van der Waals surface area contributed by atoms with Crippen molar-refractivity contribution in [2.75, 3.05) is 46.6 Å². The molecule has 8 nitrogen and oxygen atoms in total. The minimum absolute atomic E-state index is 0.0202. The van der Waals surface area contributed by atoms with Crippen LogP contribution in [0.15, 0.2) is 24.3 Å². The highest BCUT2D eigenvalue weighted by Gasteiger charge is 2.25. The number of aromatic nitrogens is 1. The van der Waals surface area contributed by atoms with Gasteiger partial charge in [0, 0.05) is 43.1 Å². The first kappa shape index (κ1) is 27.9. The van der Waals surface area contributed by atoms with Crippen molar-refractivity contribution >= 4 is 22.6 Å². The van der Waals surface area contributed by atoms with Crippen LogP contribution in [-0.4, -0.2) is 74.2 Å². The van der Waals surface area contributed by atoms with Crippen molar-refractivity contribution in [3.05, 3.63) is 30.0 Å². The van der Waals surface area contributed by atoms with E-state index in [-0.39, 0.29) is 30.0 Å². The molecule has 36 heavy (non-hydrogen) atoms. The number of ether oxygens (including phenoxy) is 3. The number of rotatable bonds is 11. The Bertz CT molecular complexity index is 1050. The van der Waals surface area contributed by atoms with Gasteiger partial charge in [0.1, 0.15) is 35.9 Å². The van der Waals surface area contributed by atoms with Gasteiger partial charge in [0.25, 0.3) is 5.91 Å². The summed E-state index contributed by atoms with van der Waals surface area (Å²) in [5.74, 6) is 1.28. The Morgan fingerprint density at radius 1 is 1.17 bits per heavy atom. The van der Waals surface area contributed by atoms with Crippen LogP contribution >= 0.6 is 0 Å². The second kappa shape index (κ2) is 12.5. The van der Waals surface area contributed by atoms with E-state index < -0.39 is 5.41 Å². The number of likely N-dealkylation sites (tertiary alicyclic amines) is 1. The van der Waals surface area contributed by atoms with Crippen LogP contribution in [0, 0.1) is 11.3 Å². The fraction of sp³-hybridized carbons (Fsp3) is 0.607. The van der Waals surface area contributed by atoms with E-state index in [1.54, 1.807) is 19.2 Å². The number of amides is 1. The molecule has 0 bridgehead atoms. The first-order chi connectivity index (χ1) is 17.1. The molecule has 1 aliphatic heterocycles. The maximum atomic E-state index is 13.3. The lowest BCUT2D eigenvalue weighted by atomic mass is 9.91. The van der Waals surface area contributed by atoms with Crippen molar-refractivity contribution in [3.8, 4) is 11.5 Å². The summed E-state index contributed by atoms with van der Waals surface area (Å²) in [5.41, 5.74) is 0.236. The van der Waals surface area contributed by atoms with Gasteiger partial charge < -0.3 is 24.4 Å². The number of pyridine rings is 1.